The van der Waals surface area contributed by atoms with Crippen molar-refractivity contribution in [2.45, 2.75) is 24.3 Å². The number of aliphatic hydroxyl groups excluding tert-OH is 3. The van der Waals surface area contributed by atoms with Crippen LogP contribution in [0, 0.1) is 0 Å². The third-order valence-electron chi connectivity index (χ3n) is 1.58. The van der Waals surface area contributed by atoms with Crippen LogP contribution in [0.15, 0.2) is 0 Å². The van der Waals surface area contributed by atoms with Crippen LogP contribution in [0.25, 0.3) is 0 Å². The van der Waals surface area contributed by atoms with E-state index in [-0.39, 0.29) is 6.61 Å². The average molecular weight is 144 g/mol. The molecule has 0 saturated carbocycles. The van der Waals surface area contributed by atoms with Gasteiger partial charge >= 0.3 is 0 Å². The number of hydrogen-bond acceptors (Lipinski definition) is 4. The van der Waals surface area contributed by atoms with E-state index in [1.165, 1.54) is 0 Å². The van der Waals surface area contributed by atoms with Crippen LogP contribution in [-0.4, -0.2) is 54.1 Å². The molecular formula is C5H9BO4. The van der Waals surface area contributed by atoms with Gasteiger partial charge in [-0.3, -0.25) is 0 Å². The summed E-state index contributed by atoms with van der Waals surface area (Å²) in [7, 11) is 5.19. The highest BCUT2D eigenvalue weighted by atomic mass is 16.5. The van der Waals surface area contributed by atoms with Gasteiger partial charge in [-0.05, 0) is 0 Å². The predicted molar refractivity (Wildman–Crippen MR) is 33.5 cm³/mol. The molecule has 1 fully saturated rings. The summed E-state index contributed by atoms with van der Waals surface area (Å²) in [5.74, 6) is 0. The van der Waals surface area contributed by atoms with Crippen LogP contribution < -0.4 is 0 Å². The Morgan fingerprint density at radius 2 is 1.90 bits per heavy atom. The molecule has 0 aromatic rings. The highest BCUT2D eigenvalue weighted by Crippen LogP contribution is 2.18. The van der Waals surface area contributed by atoms with Gasteiger partial charge in [-0.25, -0.2) is 0 Å². The molecule has 0 bridgehead atoms. The molecule has 0 amide bonds. The summed E-state index contributed by atoms with van der Waals surface area (Å²) in [5.41, 5.74) is 0. The Morgan fingerprint density at radius 1 is 1.30 bits per heavy atom. The standard InChI is InChI=1S/C5H9BO4/c6-5-4(9)3(8)2(1-7)10-5/h2-5,7-9H,1H2/t2?,3-,4-,5?/m1/s1. The van der Waals surface area contributed by atoms with Gasteiger partial charge in [0.1, 0.15) is 20.1 Å². The Morgan fingerprint density at radius 3 is 2.10 bits per heavy atom. The summed E-state index contributed by atoms with van der Waals surface area (Å²) in [5, 5.41) is 26.5. The summed E-state index contributed by atoms with van der Waals surface area (Å²) in [6.07, 6.45) is -2.90. The first-order valence-electron chi connectivity index (χ1n) is 3.05. The molecule has 1 rings (SSSR count). The number of rotatable bonds is 1. The first kappa shape index (κ1) is 8.01. The van der Waals surface area contributed by atoms with Crippen LogP contribution in [-0.2, 0) is 4.74 Å². The molecule has 2 radical (unpaired) electrons. The Balaban J connectivity index is 2.53. The topological polar surface area (TPSA) is 69.9 Å². The minimum atomic E-state index is -1.09. The van der Waals surface area contributed by atoms with Gasteiger partial charge in [-0.2, -0.15) is 0 Å². The summed E-state index contributed by atoms with van der Waals surface area (Å²) in [6, 6.07) is -0.882. The van der Waals surface area contributed by atoms with Crippen molar-refractivity contribution in [1.29, 1.82) is 0 Å². The van der Waals surface area contributed by atoms with E-state index in [2.05, 4.69) is 0 Å². The highest BCUT2D eigenvalue weighted by Gasteiger charge is 2.38. The number of hydrogen-bond donors (Lipinski definition) is 3. The third kappa shape index (κ3) is 1.18. The maximum absolute atomic E-state index is 9.01. The van der Waals surface area contributed by atoms with Gasteiger partial charge in [0, 0.05) is 6.00 Å². The van der Waals surface area contributed by atoms with Crippen LogP contribution in [0.3, 0.4) is 0 Å². The molecule has 2 unspecified atom stereocenters. The molecule has 10 heavy (non-hydrogen) atoms. The van der Waals surface area contributed by atoms with Crippen molar-refractivity contribution in [3.05, 3.63) is 0 Å². The average Bonchev–Trinajstić information content (AvgIpc) is 2.17. The van der Waals surface area contributed by atoms with Gasteiger partial charge in [0.2, 0.25) is 0 Å². The molecule has 56 valence electrons. The fourth-order valence-electron chi connectivity index (χ4n) is 0.928. The zero-order valence-electron chi connectivity index (χ0n) is 5.34. The number of aliphatic hydroxyl groups is 3. The van der Waals surface area contributed by atoms with E-state index < -0.39 is 24.3 Å². The monoisotopic (exact) mass is 144 g/mol. The zero-order chi connectivity index (χ0) is 7.72. The van der Waals surface area contributed by atoms with E-state index in [9.17, 15) is 0 Å². The van der Waals surface area contributed by atoms with Crippen molar-refractivity contribution in [2.24, 2.45) is 0 Å². The van der Waals surface area contributed by atoms with Crippen molar-refractivity contribution in [2.75, 3.05) is 6.61 Å². The largest absolute Gasteiger partial charge is 0.394 e. The fraction of sp³-hybridized carbons (Fsp3) is 1.00. The highest BCUT2D eigenvalue weighted by molar-refractivity contribution is 6.11. The summed E-state index contributed by atoms with van der Waals surface area (Å²) >= 11 is 0. The second-order valence-electron chi connectivity index (χ2n) is 2.30. The lowest BCUT2D eigenvalue weighted by Gasteiger charge is -2.10. The summed E-state index contributed by atoms with van der Waals surface area (Å²) in [6.45, 7) is -0.327. The van der Waals surface area contributed by atoms with Gasteiger partial charge < -0.3 is 20.1 Å². The second-order valence-corrected chi connectivity index (χ2v) is 2.30. The molecule has 1 aliphatic heterocycles. The molecule has 4 atom stereocenters. The maximum Gasteiger partial charge on any atom is 0.112 e. The van der Waals surface area contributed by atoms with Gasteiger partial charge in [0.05, 0.1) is 12.7 Å². The quantitative estimate of drug-likeness (QED) is 0.358. The zero-order valence-corrected chi connectivity index (χ0v) is 5.34. The van der Waals surface area contributed by atoms with Gasteiger partial charge in [0.25, 0.3) is 0 Å². The molecule has 0 aromatic carbocycles. The maximum atomic E-state index is 9.01. The second kappa shape index (κ2) is 2.88. The Hall–Kier alpha value is -0.0951. The SMILES string of the molecule is [B]C1OC(CO)[C@@H](O)[C@H]1O. The lowest BCUT2D eigenvalue weighted by molar-refractivity contribution is -0.00875. The molecule has 1 heterocycles. The predicted octanol–water partition coefficient (Wildman–Crippen LogP) is -2.41. The van der Waals surface area contributed by atoms with E-state index in [0.717, 1.165) is 0 Å². The van der Waals surface area contributed by atoms with E-state index in [1.54, 1.807) is 0 Å². The molecule has 5 heteroatoms. The molecule has 0 aromatic heterocycles. The molecule has 0 spiro atoms. The van der Waals surface area contributed by atoms with Crippen LogP contribution in [0.1, 0.15) is 0 Å². The number of ether oxygens (including phenoxy) is 1. The normalized spacial score (nSPS) is 47.9. The van der Waals surface area contributed by atoms with Crippen molar-refractivity contribution in [1.82, 2.24) is 0 Å². The van der Waals surface area contributed by atoms with Gasteiger partial charge in [-0.15, -0.1) is 0 Å². The van der Waals surface area contributed by atoms with Crippen LogP contribution in [0.4, 0.5) is 0 Å². The van der Waals surface area contributed by atoms with Crippen molar-refractivity contribution in [3.8, 4) is 0 Å². The summed E-state index contributed by atoms with van der Waals surface area (Å²) < 4.78 is 4.76. The molecule has 0 aliphatic carbocycles. The minimum absolute atomic E-state index is 0.327. The van der Waals surface area contributed by atoms with Crippen LogP contribution >= 0.6 is 0 Å². The van der Waals surface area contributed by atoms with Crippen molar-refractivity contribution < 1.29 is 20.1 Å². The Labute approximate surface area is 59.8 Å². The molecule has 3 N–H and O–H groups in total. The Bertz CT molecular complexity index is 120. The lowest BCUT2D eigenvalue weighted by atomic mass is 9.93. The van der Waals surface area contributed by atoms with Crippen LogP contribution in [0.5, 0.6) is 0 Å². The molecule has 1 aliphatic rings. The van der Waals surface area contributed by atoms with E-state index in [1.807, 2.05) is 0 Å². The van der Waals surface area contributed by atoms with Crippen molar-refractivity contribution >= 4 is 7.85 Å². The fourth-order valence-corrected chi connectivity index (χ4v) is 0.928. The molecular weight excluding hydrogens is 135 g/mol. The van der Waals surface area contributed by atoms with Gasteiger partial charge in [0.15, 0.2) is 0 Å². The van der Waals surface area contributed by atoms with Gasteiger partial charge in [-0.1, -0.05) is 0 Å². The molecule has 1 saturated heterocycles. The Kier molecular flexibility index (Phi) is 2.30. The molecule has 4 nitrogen and oxygen atoms in total. The van der Waals surface area contributed by atoms with E-state index in [0.29, 0.717) is 0 Å². The lowest BCUT2D eigenvalue weighted by Crippen LogP contribution is -2.33. The first-order chi connectivity index (χ1) is 4.66. The first-order valence-corrected chi connectivity index (χ1v) is 3.05. The smallest absolute Gasteiger partial charge is 0.112 e. The third-order valence-corrected chi connectivity index (χ3v) is 1.58. The van der Waals surface area contributed by atoms with Crippen molar-refractivity contribution in [3.63, 3.8) is 0 Å². The van der Waals surface area contributed by atoms with Crippen LogP contribution in [0.2, 0.25) is 0 Å². The minimum Gasteiger partial charge on any atom is -0.394 e. The summed E-state index contributed by atoms with van der Waals surface area (Å²) in [4.78, 5) is 0. The van der Waals surface area contributed by atoms with E-state index in [4.69, 9.17) is 27.9 Å². The van der Waals surface area contributed by atoms with E-state index >= 15 is 0 Å².